The van der Waals surface area contributed by atoms with Gasteiger partial charge in [-0.15, -0.1) is 0 Å². The minimum atomic E-state index is -0.619. The van der Waals surface area contributed by atoms with Gasteiger partial charge in [-0.25, -0.2) is 4.98 Å². The fourth-order valence-corrected chi connectivity index (χ4v) is 3.35. The number of pyridine rings is 1. The van der Waals surface area contributed by atoms with Crippen molar-refractivity contribution < 1.29 is 9.59 Å². The van der Waals surface area contributed by atoms with Gasteiger partial charge in [0, 0.05) is 22.8 Å². The standard InChI is InChI=1S/C20H20BrCl2N5O2/c1-10(2)26-19(29)13-8-12(21)7-11(3)17(13)28-20(30)15(9-16(23)24)27-18-14(22)5-4-6-25-18/h4-10,24H,1-3H3,(H,25,27)(H,26,29)(H,28,30)/b15-9-,24-16?. The van der Waals surface area contributed by atoms with Crippen LogP contribution in [0.4, 0.5) is 11.5 Å². The first-order valence-corrected chi connectivity index (χ1v) is 10.4. The number of hydrogen-bond acceptors (Lipinski definition) is 5. The highest BCUT2D eigenvalue weighted by Crippen LogP contribution is 2.27. The largest absolute Gasteiger partial charge is 0.350 e. The van der Waals surface area contributed by atoms with Gasteiger partial charge in [0.05, 0.1) is 16.3 Å². The van der Waals surface area contributed by atoms with Crippen LogP contribution < -0.4 is 16.0 Å². The number of aryl methyl sites for hydroxylation is 1. The molecule has 4 N–H and O–H groups in total. The molecule has 0 aliphatic heterocycles. The summed E-state index contributed by atoms with van der Waals surface area (Å²) in [5.74, 6) is -0.726. The predicted molar refractivity (Wildman–Crippen MR) is 125 cm³/mol. The molecule has 2 amide bonds. The zero-order valence-electron chi connectivity index (χ0n) is 16.4. The number of rotatable bonds is 7. The molecule has 1 heterocycles. The Hall–Kier alpha value is -2.42. The van der Waals surface area contributed by atoms with Crippen LogP contribution in [-0.4, -0.2) is 28.0 Å². The first kappa shape index (κ1) is 23.9. The summed E-state index contributed by atoms with van der Waals surface area (Å²) < 4.78 is 0.698. The molecule has 0 saturated carbocycles. The van der Waals surface area contributed by atoms with E-state index in [1.165, 1.54) is 6.20 Å². The van der Waals surface area contributed by atoms with Gasteiger partial charge in [0.15, 0.2) is 0 Å². The number of amides is 2. The zero-order valence-corrected chi connectivity index (χ0v) is 19.5. The van der Waals surface area contributed by atoms with Crippen LogP contribution in [0.1, 0.15) is 29.8 Å². The highest BCUT2D eigenvalue weighted by Gasteiger charge is 2.20. The van der Waals surface area contributed by atoms with Crippen LogP contribution in [0.5, 0.6) is 0 Å². The van der Waals surface area contributed by atoms with Gasteiger partial charge in [-0.3, -0.25) is 15.0 Å². The van der Waals surface area contributed by atoms with Crippen molar-refractivity contribution in [1.29, 1.82) is 5.41 Å². The third-order valence-corrected chi connectivity index (χ3v) is 4.60. The highest BCUT2D eigenvalue weighted by molar-refractivity contribution is 9.10. The lowest BCUT2D eigenvalue weighted by atomic mass is 10.1. The zero-order chi connectivity index (χ0) is 22.4. The molecule has 30 heavy (non-hydrogen) atoms. The average molecular weight is 513 g/mol. The Bertz CT molecular complexity index is 1020. The van der Waals surface area contributed by atoms with E-state index in [4.69, 9.17) is 28.6 Å². The summed E-state index contributed by atoms with van der Waals surface area (Å²) in [5.41, 5.74) is 1.23. The Kier molecular flexibility index (Phi) is 8.40. The van der Waals surface area contributed by atoms with E-state index >= 15 is 0 Å². The van der Waals surface area contributed by atoms with Crippen LogP contribution in [0.15, 0.2) is 46.7 Å². The molecule has 0 saturated heterocycles. The molecular weight excluding hydrogens is 493 g/mol. The number of aromatic nitrogens is 1. The second kappa shape index (κ2) is 10.6. The second-order valence-electron chi connectivity index (χ2n) is 6.59. The lowest BCUT2D eigenvalue weighted by Crippen LogP contribution is -2.31. The van der Waals surface area contributed by atoms with Gasteiger partial charge < -0.3 is 16.0 Å². The maximum atomic E-state index is 13.0. The second-order valence-corrected chi connectivity index (χ2v) is 8.32. The van der Waals surface area contributed by atoms with Crippen molar-refractivity contribution in [2.75, 3.05) is 10.6 Å². The molecule has 0 radical (unpaired) electrons. The van der Waals surface area contributed by atoms with E-state index in [0.717, 1.165) is 6.08 Å². The van der Waals surface area contributed by atoms with Gasteiger partial charge in [-0.2, -0.15) is 0 Å². The first-order chi connectivity index (χ1) is 14.1. The number of nitrogens with zero attached hydrogens (tertiary/aromatic N) is 1. The summed E-state index contributed by atoms with van der Waals surface area (Å²) in [6.45, 7) is 5.45. The van der Waals surface area contributed by atoms with Crippen molar-refractivity contribution in [3.8, 4) is 0 Å². The Labute approximate surface area is 192 Å². The number of halogens is 3. The van der Waals surface area contributed by atoms with E-state index in [2.05, 4.69) is 36.9 Å². The molecule has 158 valence electrons. The number of nitrogens with one attached hydrogen (secondary N) is 4. The van der Waals surface area contributed by atoms with E-state index in [1.807, 2.05) is 13.8 Å². The molecule has 0 bridgehead atoms. The van der Waals surface area contributed by atoms with Crippen molar-refractivity contribution in [2.24, 2.45) is 0 Å². The van der Waals surface area contributed by atoms with Crippen LogP contribution in [0.25, 0.3) is 0 Å². The Morgan fingerprint density at radius 1 is 1.27 bits per heavy atom. The highest BCUT2D eigenvalue weighted by atomic mass is 79.9. The van der Waals surface area contributed by atoms with Crippen molar-refractivity contribution >= 4 is 67.6 Å². The summed E-state index contributed by atoms with van der Waals surface area (Å²) in [6.07, 6.45) is 2.63. The van der Waals surface area contributed by atoms with Crippen LogP contribution in [0.2, 0.25) is 5.02 Å². The van der Waals surface area contributed by atoms with Crippen molar-refractivity contribution in [3.05, 3.63) is 62.9 Å². The molecule has 0 fully saturated rings. The molecule has 1 aromatic heterocycles. The monoisotopic (exact) mass is 511 g/mol. The number of benzene rings is 1. The summed E-state index contributed by atoms with van der Waals surface area (Å²) >= 11 is 15.2. The SMILES string of the molecule is Cc1cc(Br)cc(C(=O)NC(C)C)c1NC(=O)/C(=C/C(=N)Cl)Nc1ncccc1Cl. The number of carbonyl (C=O) groups excluding carboxylic acids is 2. The van der Waals surface area contributed by atoms with Crippen LogP contribution >= 0.6 is 39.1 Å². The molecule has 0 aliphatic carbocycles. The van der Waals surface area contributed by atoms with Crippen molar-refractivity contribution in [1.82, 2.24) is 10.3 Å². The van der Waals surface area contributed by atoms with E-state index in [0.29, 0.717) is 21.3 Å². The summed E-state index contributed by atoms with van der Waals surface area (Å²) in [6, 6.07) is 6.56. The number of carbonyl (C=O) groups is 2. The van der Waals surface area contributed by atoms with Gasteiger partial charge in [-0.1, -0.05) is 39.1 Å². The molecule has 2 aromatic rings. The van der Waals surface area contributed by atoms with Crippen molar-refractivity contribution in [2.45, 2.75) is 26.8 Å². The van der Waals surface area contributed by atoms with Gasteiger partial charge in [-0.05, 0) is 50.6 Å². The number of allylic oxidation sites excluding steroid dienone is 1. The third-order valence-electron chi connectivity index (χ3n) is 3.73. The predicted octanol–water partition coefficient (Wildman–Crippen LogP) is 5.09. The van der Waals surface area contributed by atoms with E-state index in [1.54, 1.807) is 31.2 Å². The summed E-state index contributed by atoms with van der Waals surface area (Å²) in [7, 11) is 0. The van der Waals surface area contributed by atoms with E-state index < -0.39 is 5.91 Å². The van der Waals surface area contributed by atoms with Crippen molar-refractivity contribution in [3.63, 3.8) is 0 Å². The maximum Gasteiger partial charge on any atom is 0.272 e. The fourth-order valence-electron chi connectivity index (χ4n) is 2.50. The molecule has 0 aliphatic rings. The molecule has 2 rings (SSSR count). The Morgan fingerprint density at radius 3 is 2.57 bits per heavy atom. The topological polar surface area (TPSA) is 107 Å². The quantitative estimate of drug-likeness (QED) is 0.306. The molecule has 0 unspecified atom stereocenters. The van der Waals surface area contributed by atoms with Crippen LogP contribution in [-0.2, 0) is 4.79 Å². The van der Waals surface area contributed by atoms with Gasteiger partial charge in [0.25, 0.3) is 11.8 Å². The van der Waals surface area contributed by atoms with Gasteiger partial charge in [0.2, 0.25) is 0 Å². The maximum absolute atomic E-state index is 13.0. The normalized spacial score (nSPS) is 11.2. The molecule has 0 atom stereocenters. The lowest BCUT2D eigenvalue weighted by Gasteiger charge is -2.17. The summed E-state index contributed by atoms with van der Waals surface area (Å²) in [4.78, 5) is 29.7. The number of anilines is 2. The van der Waals surface area contributed by atoms with Crippen LogP contribution in [0.3, 0.4) is 0 Å². The first-order valence-electron chi connectivity index (χ1n) is 8.84. The molecule has 1 aromatic carbocycles. The third kappa shape index (κ3) is 6.55. The molecule has 7 nitrogen and oxygen atoms in total. The average Bonchev–Trinajstić information content (AvgIpc) is 2.63. The summed E-state index contributed by atoms with van der Waals surface area (Å²) in [5, 5.41) is 15.8. The van der Waals surface area contributed by atoms with Crippen LogP contribution in [0, 0.1) is 12.3 Å². The lowest BCUT2D eigenvalue weighted by molar-refractivity contribution is -0.112. The Balaban J connectivity index is 2.41. The van der Waals surface area contributed by atoms with E-state index in [-0.39, 0.29) is 33.7 Å². The van der Waals surface area contributed by atoms with Gasteiger partial charge >= 0.3 is 0 Å². The smallest absolute Gasteiger partial charge is 0.272 e. The Morgan fingerprint density at radius 2 is 1.97 bits per heavy atom. The van der Waals surface area contributed by atoms with Gasteiger partial charge in [0.1, 0.15) is 16.7 Å². The fraction of sp³-hybridized carbons (Fsp3) is 0.200. The van der Waals surface area contributed by atoms with E-state index in [9.17, 15) is 9.59 Å². The molecule has 0 spiro atoms. The molecule has 10 heteroatoms. The minimum absolute atomic E-state index is 0.0619. The molecular formula is C20H20BrCl2N5O2. The minimum Gasteiger partial charge on any atom is -0.350 e. The number of hydrogen-bond donors (Lipinski definition) is 4.